The van der Waals surface area contributed by atoms with Gasteiger partial charge in [0.05, 0.1) is 25.9 Å². The second kappa shape index (κ2) is 10.9. The van der Waals surface area contributed by atoms with Crippen LogP contribution in [0, 0.1) is 0 Å². The second-order valence-corrected chi connectivity index (χ2v) is 14.8. The molecule has 7 rings (SSSR count). The van der Waals surface area contributed by atoms with Crippen LogP contribution in [0.2, 0.25) is 0 Å². The zero-order valence-corrected chi connectivity index (χ0v) is 25.3. The molecule has 0 radical (unpaired) electrons. The fourth-order valence-corrected chi connectivity index (χ4v) is 7.84. The molecule has 4 aromatic heterocycles. The molecule has 7 heterocycles. The van der Waals surface area contributed by atoms with Crippen molar-refractivity contribution in [3.05, 3.63) is 29.3 Å². The molecular formula is C22H28N10O11P2. The summed E-state index contributed by atoms with van der Waals surface area (Å²) in [7, 11) is -8.05. The number of nitrogens with zero attached hydrogens (tertiary/aromatic N) is 7. The Morgan fingerprint density at radius 2 is 1.47 bits per heavy atom. The van der Waals surface area contributed by atoms with E-state index in [0.29, 0.717) is 0 Å². The van der Waals surface area contributed by atoms with Gasteiger partial charge in [-0.05, 0) is 0 Å². The maximum absolute atomic E-state index is 13.7. The van der Waals surface area contributed by atoms with Crippen LogP contribution in [0.1, 0.15) is 12.5 Å². The van der Waals surface area contributed by atoms with E-state index in [2.05, 4.69) is 29.9 Å². The summed E-state index contributed by atoms with van der Waals surface area (Å²) >= 11 is 0. The van der Waals surface area contributed by atoms with Gasteiger partial charge < -0.3 is 40.2 Å². The van der Waals surface area contributed by atoms with E-state index in [0.717, 1.165) is 0 Å². The Morgan fingerprint density at radius 3 is 2.20 bits per heavy atom. The molecule has 242 valence electrons. The average Bonchev–Trinajstić information content (AvgIpc) is 3.72. The summed E-state index contributed by atoms with van der Waals surface area (Å²) in [5, 5.41) is 22.5. The molecule has 3 aliphatic heterocycles. The van der Waals surface area contributed by atoms with Gasteiger partial charge in [-0.15, -0.1) is 0 Å². The van der Waals surface area contributed by atoms with E-state index < -0.39 is 83.0 Å². The Labute approximate surface area is 251 Å². The number of fused-ring (bicyclic) bond motifs is 5. The molecule has 3 saturated heterocycles. The first-order valence-electron chi connectivity index (χ1n) is 13.5. The third kappa shape index (κ3) is 5.34. The number of imidazole rings is 2. The molecule has 10 atom stereocenters. The van der Waals surface area contributed by atoms with Gasteiger partial charge >= 0.3 is 15.2 Å². The highest BCUT2D eigenvalue weighted by atomic mass is 31.2. The topological polar surface area (TPSA) is 289 Å². The van der Waals surface area contributed by atoms with Crippen LogP contribution in [0.25, 0.3) is 22.3 Å². The van der Waals surface area contributed by atoms with Gasteiger partial charge in [-0.1, -0.05) is 0 Å². The lowest BCUT2D eigenvalue weighted by Crippen LogP contribution is -2.36. The number of hydrogen-bond donors (Lipinski definition) is 5. The van der Waals surface area contributed by atoms with Gasteiger partial charge in [0, 0.05) is 13.3 Å². The molecular weight excluding hydrogens is 642 g/mol. The third-order valence-electron chi connectivity index (χ3n) is 7.58. The van der Waals surface area contributed by atoms with Crippen molar-refractivity contribution in [3.63, 3.8) is 0 Å². The molecule has 0 aliphatic carbocycles. The van der Waals surface area contributed by atoms with Gasteiger partial charge in [0.15, 0.2) is 35.1 Å². The minimum atomic E-state index is -4.05. The van der Waals surface area contributed by atoms with Gasteiger partial charge in [0.25, 0.3) is 5.56 Å². The molecule has 3 aliphatic rings. The van der Waals surface area contributed by atoms with Crippen molar-refractivity contribution in [2.75, 3.05) is 38.0 Å². The Morgan fingerprint density at radius 1 is 0.844 bits per heavy atom. The van der Waals surface area contributed by atoms with Crippen LogP contribution < -0.4 is 17.0 Å². The predicted molar refractivity (Wildman–Crippen MR) is 151 cm³/mol. The number of H-pyrrole nitrogens is 1. The van der Waals surface area contributed by atoms with Crippen molar-refractivity contribution in [1.29, 1.82) is 0 Å². The zero-order chi connectivity index (χ0) is 31.8. The van der Waals surface area contributed by atoms with Crippen molar-refractivity contribution < 1.29 is 46.9 Å². The van der Waals surface area contributed by atoms with Crippen LogP contribution >= 0.6 is 15.2 Å². The molecule has 7 N–H and O–H groups in total. The average molecular weight is 670 g/mol. The SMILES string of the molecule is CP1(=O)OC[C@H]2O[C@@H](n3cnc4c(=O)[nH]c(N)nc43)[C@@H](OP(C)(=O)OC[C@H]3O[C@@H](n4cnc5c(N)ncnc54)[C@@H](O)C3O1)C2O. The first-order valence-corrected chi connectivity index (χ1v) is 17.4. The van der Waals surface area contributed by atoms with Crippen molar-refractivity contribution >= 4 is 49.3 Å². The Balaban J connectivity index is 1.21. The van der Waals surface area contributed by atoms with Gasteiger partial charge in [0.1, 0.15) is 48.5 Å². The number of aromatic nitrogens is 8. The van der Waals surface area contributed by atoms with Crippen LogP contribution in [0.3, 0.4) is 0 Å². The van der Waals surface area contributed by atoms with E-state index >= 15 is 0 Å². The van der Waals surface area contributed by atoms with Gasteiger partial charge in [-0.3, -0.25) is 37.1 Å². The Bertz CT molecular complexity index is 1930. The van der Waals surface area contributed by atoms with Crippen LogP contribution in [-0.4, -0.2) is 112 Å². The van der Waals surface area contributed by atoms with Crippen molar-refractivity contribution in [3.8, 4) is 0 Å². The summed E-state index contributed by atoms with van der Waals surface area (Å²) in [6.45, 7) is 1.38. The van der Waals surface area contributed by atoms with Crippen LogP contribution in [-0.2, 0) is 36.7 Å². The highest BCUT2D eigenvalue weighted by Crippen LogP contribution is 2.54. The summed E-state index contributed by atoms with van der Waals surface area (Å²) in [6, 6.07) is 0. The number of aromatic amines is 1. The standard InChI is InChI=1S/C22H28N10O11P2/c1-44(36)38-3-8-12(33)15(21(40-8)32-7-28-11-18(32)29-22(24)30-19(11)35)43-45(2,37)39-4-9-14(42-44)13(34)20(41-9)31-6-27-10-16(23)25-5-26-17(10)31/h5-9,12-15,20-21,33-34H,3-4H2,1-2H3,(H2,23,25,26)(H3,24,29,30,35)/t8-,9-,12?,13+,14?,15+,20-,21-,44?,45?/m1/s1. The number of anilines is 2. The van der Waals surface area contributed by atoms with Crippen LogP contribution in [0.15, 0.2) is 23.8 Å². The fourth-order valence-electron chi connectivity index (χ4n) is 5.51. The number of nitrogen functional groups attached to an aromatic ring is 2. The number of hydrogen-bond acceptors (Lipinski definition) is 18. The number of rotatable bonds is 2. The number of aliphatic hydroxyl groups is 2. The maximum Gasteiger partial charge on any atom is 0.328 e. The minimum Gasteiger partial charge on any atom is -0.387 e. The predicted octanol–water partition coefficient (Wildman–Crippen LogP) is -0.896. The molecule has 0 spiro atoms. The number of ether oxygens (including phenoxy) is 2. The highest BCUT2D eigenvalue weighted by molar-refractivity contribution is 7.53. The van der Waals surface area contributed by atoms with Crippen molar-refractivity contribution in [1.82, 2.24) is 39.0 Å². The number of nitrogens with two attached hydrogens (primary N) is 2. The summed E-state index contributed by atoms with van der Waals surface area (Å²) < 4.78 is 64.9. The van der Waals surface area contributed by atoms with Gasteiger partial charge in [-0.25, -0.2) is 19.9 Å². The molecule has 4 unspecified atom stereocenters. The summed E-state index contributed by atoms with van der Waals surface area (Å²) in [6.07, 6.45) is -6.66. The van der Waals surface area contributed by atoms with Crippen molar-refractivity contribution in [2.24, 2.45) is 0 Å². The fraction of sp³-hybridized carbons (Fsp3) is 0.545. The third-order valence-corrected chi connectivity index (χ3v) is 10.1. The lowest BCUT2D eigenvalue weighted by molar-refractivity contribution is -0.0592. The first kappa shape index (κ1) is 30.3. The zero-order valence-electron chi connectivity index (χ0n) is 23.5. The van der Waals surface area contributed by atoms with E-state index in [1.165, 1.54) is 41.4 Å². The number of aliphatic hydroxyl groups excluding tert-OH is 2. The second-order valence-electron chi connectivity index (χ2n) is 10.7. The summed E-state index contributed by atoms with van der Waals surface area (Å²) in [4.78, 5) is 35.1. The summed E-state index contributed by atoms with van der Waals surface area (Å²) in [5.74, 6) is -0.0944. The largest absolute Gasteiger partial charge is 0.387 e. The van der Waals surface area contributed by atoms with Crippen LogP contribution in [0.4, 0.5) is 11.8 Å². The van der Waals surface area contributed by atoms with Crippen molar-refractivity contribution in [2.45, 2.75) is 49.1 Å². The molecule has 4 aromatic rings. The maximum atomic E-state index is 13.7. The Hall–Kier alpha value is -3.36. The lowest BCUT2D eigenvalue weighted by Gasteiger charge is -2.27. The molecule has 21 nitrogen and oxygen atoms in total. The molecule has 23 heteroatoms. The van der Waals surface area contributed by atoms with Crippen LogP contribution in [0.5, 0.6) is 0 Å². The smallest absolute Gasteiger partial charge is 0.328 e. The lowest BCUT2D eigenvalue weighted by atomic mass is 10.1. The Kier molecular flexibility index (Phi) is 7.32. The normalized spacial score (nSPS) is 37.7. The molecule has 0 saturated carbocycles. The van der Waals surface area contributed by atoms with E-state index in [1.54, 1.807) is 0 Å². The quantitative estimate of drug-likeness (QED) is 0.161. The molecule has 45 heavy (non-hydrogen) atoms. The monoisotopic (exact) mass is 670 g/mol. The molecule has 0 aromatic carbocycles. The number of nitrogens with one attached hydrogen (secondary N) is 1. The minimum absolute atomic E-state index is 0.00219. The van der Waals surface area contributed by atoms with E-state index in [-0.39, 0.29) is 34.1 Å². The molecule has 3 fully saturated rings. The highest BCUT2D eigenvalue weighted by Gasteiger charge is 2.52. The summed E-state index contributed by atoms with van der Waals surface area (Å²) in [5.41, 5.74) is 11.4. The van der Waals surface area contributed by atoms with E-state index in [1.807, 2.05) is 0 Å². The molecule has 0 amide bonds. The van der Waals surface area contributed by atoms with Gasteiger partial charge in [-0.2, -0.15) is 4.98 Å². The molecule has 2 bridgehead atoms. The van der Waals surface area contributed by atoms with E-state index in [4.69, 9.17) is 39.0 Å². The van der Waals surface area contributed by atoms with Gasteiger partial charge in [0.2, 0.25) is 5.95 Å². The first-order chi connectivity index (χ1) is 21.3. The van der Waals surface area contributed by atoms with E-state index in [9.17, 15) is 24.1 Å².